The number of hydrogen-bond acceptors (Lipinski definition) is 3. The first-order valence-corrected chi connectivity index (χ1v) is 6.49. The van der Waals surface area contributed by atoms with Crippen molar-refractivity contribution >= 4 is 34.8 Å². The number of benzene rings is 1. The Morgan fingerprint density at radius 2 is 1.89 bits per heavy atom. The monoisotopic (exact) mass is 304 g/mol. The van der Waals surface area contributed by atoms with E-state index in [1.165, 1.54) is 4.68 Å². The number of nitrogens with zero attached hydrogens (tertiary/aromatic N) is 3. The Bertz CT molecular complexity index is 544. The highest BCUT2D eigenvalue weighted by molar-refractivity contribution is 6.40. The van der Waals surface area contributed by atoms with Gasteiger partial charge in [-0.1, -0.05) is 46.9 Å². The average Bonchev–Trinajstić information content (AvgIpc) is 2.76. The Hall–Kier alpha value is -0.810. The van der Waals surface area contributed by atoms with Crippen molar-refractivity contribution in [2.75, 3.05) is 0 Å². The van der Waals surface area contributed by atoms with Gasteiger partial charge in [-0.3, -0.25) is 0 Å². The summed E-state index contributed by atoms with van der Waals surface area (Å²) in [4.78, 5) is 0. The third-order valence-corrected chi connectivity index (χ3v) is 3.34. The predicted octanol–water partition coefficient (Wildman–Crippen LogP) is 3.64. The number of nitrogens with two attached hydrogens (primary N) is 1. The highest BCUT2D eigenvalue weighted by atomic mass is 35.5. The maximum Gasteiger partial charge on any atom is 0.104 e. The first kappa shape index (κ1) is 13.6. The third-order valence-electron chi connectivity index (χ3n) is 2.54. The smallest absolute Gasteiger partial charge is 0.104 e. The average molecular weight is 306 g/mol. The first-order valence-electron chi connectivity index (χ1n) is 5.35. The van der Waals surface area contributed by atoms with E-state index in [1.807, 2.05) is 6.92 Å². The third kappa shape index (κ3) is 2.62. The topological polar surface area (TPSA) is 56.7 Å². The summed E-state index contributed by atoms with van der Waals surface area (Å²) in [6, 6.07) is 3.06. The number of aromatic nitrogens is 3. The summed E-state index contributed by atoms with van der Waals surface area (Å²) < 4.78 is 1.51. The largest absolute Gasteiger partial charge is 0.323 e. The van der Waals surface area contributed by atoms with Gasteiger partial charge in [-0.2, -0.15) is 0 Å². The van der Waals surface area contributed by atoms with Gasteiger partial charge in [0.05, 0.1) is 28.0 Å². The lowest BCUT2D eigenvalue weighted by molar-refractivity contribution is 0.670. The van der Waals surface area contributed by atoms with Crippen molar-refractivity contribution < 1.29 is 0 Å². The normalized spacial score (nSPS) is 12.7. The van der Waals surface area contributed by atoms with Gasteiger partial charge in [0.2, 0.25) is 0 Å². The van der Waals surface area contributed by atoms with Crippen molar-refractivity contribution in [2.24, 2.45) is 5.73 Å². The van der Waals surface area contributed by atoms with E-state index in [9.17, 15) is 0 Å². The second kappa shape index (κ2) is 5.45. The standard InChI is InChI=1S/C11H11Cl3N4/c1-2-9(15)10-5-18(17-16-10)11-7(13)3-6(12)4-8(11)14/h3-5,9H,2,15H2,1H3. The highest BCUT2D eigenvalue weighted by Crippen LogP contribution is 2.31. The summed E-state index contributed by atoms with van der Waals surface area (Å²) in [6.07, 6.45) is 2.50. The summed E-state index contributed by atoms with van der Waals surface area (Å²) in [5, 5.41) is 9.28. The molecular formula is C11H11Cl3N4. The Balaban J connectivity index is 2.46. The van der Waals surface area contributed by atoms with Gasteiger partial charge in [-0.25, -0.2) is 4.68 Å². The zero-order chi connectivity index (χ0) is 13.3. The van der Waals surface area contributed by atoms with E-state index < -0.39 is 0 Å². The van der Waals surface area contributed by atoms with E-state index in [0.29, 0.717) is 26.4 Å². The molecule has 0 amide bonds. The van der Waals surface area contributed by atoms with Crippen molar-refractivity contribution in [1.29, 1.82) is 0 Å². The van der Waals surface area contributed by atoms with Crippen LogP contribution in [0.3, 0.4) is 0 Å². The molecule has 2 aromatic rings. The molecular weight excluding hydrogens is 295 g/mol. The summed E-state index contributed by atoms with van der Waals surface area (Å²) >= 11 is 18.1. The molecule has 0 bridgehead atoms. The minimum absolute atomic E-state index is 0.149. The van der Waals surface area contributed by atoms with E-state index >= 15 is 0 Å². The van der Waals surface area contributed by atoms with Crippen LogP contribution in [0.15, 0.2) is 18.3 Å². The van der Waals surface area contributed by atoms with E-state index in [-0.39, 0.29) is 6.04 Å². The summed E-state index contributed by atoms with van der Waals surface area (Å²) in [5.74, 6) is 0. The van der Waals surface area contributed by atoms with E-state index in [2.05, 4.69) is 10.3 Å². The minimum Gasteiger partial charge on any atom is -0.323 e. The van der Waals surface area contributed by atoms with Gasteiger partial charge in [0.1, 0.15) is 5.69 Å². The minimum atomic E-state index is -0.149. The second-order valence-electron chi connectivity index (χ2n) is 3.82. The molecule has 1 atom stereocenters. The fourth-order valence-corrected chi connectivity index (χ4v) is 2.51. The maximum absolute atomic E-state index is 6.10. The van der Waals surface area contributed by atoms with Gasteiger partial charge in [-0.15, -0.1) is 5.10 Å². The van der Waals surface area contributed by atoms with E-state index in [4.69, 9.17) is 40.5 Å². The van der Waals surface area contributed by atoms with Gasteiger partial charge < -0.3 is 5.73 Å². The molecule has 0 aliphatic rings. The van der Waals surface area contributed by atoms with Crippen molar-refractivity contribution in [2.45, 2.75) is 19.4 Å². The quantitative estimate of drug-likeness (QED) is 0.942. The molecule has 0 aliphatic carbocycles. The SMILES string of the molecule is CCC(N)c1cn(-c2c(Cl)cc(Cl)cc2Cl)nn1. The van der Waals surface area contributed by atoms with Gasteiger partial charge in [0, 0.05) is 5.02 Å². The van der Waals surface area contributed by atoms with Crippen LogP contribution >= 0.6 is 34.8 Å². The van der Waals surface area contributed by atoms with Crippen LogP contribution in [0.1, 0.15) is 25.1 Å². The molecule has 1 heterocycles. The molecule has 1 aromatic heterocycles. The number of rotatable bonds is 3. The van der Waals surface area contributed by atoms with Crippen molar-refractivity contribution in [1.82, 2.24) is 15.0 Å². The molecule has 0 aliphatic heterocycles. The zero-order valence-corrected chi connectivity index (χ0v) is 11.8. The molecule has 1 unspecified atom stereocenters. The molecule has 0 radical (unpaired) electrons. The Kier molecular flexibility index (Phi) is 4.12. The summed E-state index contributed by atoms with van der Waals surface area (Å²) in [5.41, 5.74) is 7.12. The molecule has 0 saturated heterocycles. The molecule has 0 saturated carbocycles. The van der Waals surface area contributed by atoms with Crippen LogP contribution < -0.4 is 5.73 Å². The van der Waals surface area contributed by atoms with Gasteiger partial charge in [-0.05, 0) is 18.6 Å². The second-order valence-corrected chi connectivity index (χ2v) is 5.07. The van der Waals surface area contributed by atoms with Crippen molar-refractivity contribution in [3.05, 3.63) is 39.1 Å². The molecule has 1 aromatic carbocycles. The molecule has 7 heteroatoms. The lowest BCUT2D eigenvalue weighted by Crippen LogP contribution is -2.08. The summed E-state index contributed by atoms with van der Waals surface area (Å²) in [7, 11) is 0. The lowest BCUT2D eigenvalue weighted by Gasteiger charge is -2.06. The molecule has 2 N–H and O–H groups in total. The molecule has 18 heavy (non-hydrogen) atoms. The maximum atomic E-state index is 6.10. The van der Waals surface area contributed by atoms with E-state index in [0.717, 1.165) is 6.42 Å². The van der Waals surface area contributed by atoms with Crippen molar-refractivity contribution in [3.8, 4) is 5.69 Å². The van der Waals surface area contributed by atoms with Gasteiger partial charge in [0.25, 0.3) is 0 Å². The van der Waals surface area contributed by atoms with Crippen LogP contribution in [-0.2, 0) is 0 Å². The van der Waals surface area contributed by atoms with Gasteiger partial charge in [0.15, 0.2) is 0 Å². The van der Waals surface area contributed by atoms with Crippen LogP contribution in [0.2, 0.25) is 15.1 Å². The molecule has 2 rings (SSSR count). The molecule has 0 spiro atoms. The van der Waals surface area contributed by atoms with Crippen molar-refractivity contribution in [3.63, 3.8) is 0 Å². The van der Waals surface area contributed by atoms with Crippen LogP contribution in [0, 0.1) is 0 Å². The van der Waals surface area contributed by atoms with Crippen LogP contribution in [0.5, 0.6) is 0 Å². The van der Waals surface area contributed by atoms with Crippen LogP contribution in [0.4, 0.5) is 0 Å². The molecule has 0 fully saturated rings. The molecule has 96 valence electrons. The Morgan fingerprint density at radius 3 is 2.44 bits per heavy atom. The lowest BCUT2D eigenvalue weighted by atomic mass is 10.2. The number of halogens is 3. The fraction of sp³-hybridized carbons (Fsp3) is 0.273. The predicted molar refractivity (Wildman–Crippen MR) is 73.6 cm³/mol. The fourth-order valence-electron chi connectivity index (χ4n) is 1.52. The van der Waals surface area contributed by atoms with Crippen LogP contribution in [0.25, 0.3) is 5.69 Å². The number of hydrogen-bond donors (Lipinski definition) is 1. The summed E-state index contributed by atoms with van der Waals surface area (Å²) in [6.45, 7) is 1.98. The highest BCUT2D eigenvalue weighted by Gasteiger charge is 2.14. The van der Waals surface area contributed by atoms with Gasteiger partial charge >= 0.3 is 0 Å². The Labute approximate surface area is 120 Å². The first-order chi connectivity index (χ1) is 8.52. The van der Waals surface area contributed by atoms with Crippen LogP contribution in [-0.4, -0.2) is 15.0 Å². The Morgan fingerprint density at radius 1 is 1.28 bits per heavy atom. The zero-order valence-electron chi connectivity index (χ0n) is 9.57. The van der Waals surface area contributed by atoms with E-state index in [1.54, 1.807) is 18.3 Å². The molecule has 4 nitrogen and oxygen atoms in total.